The number of halogens is 1. The number of carbonyl (C=O) groups excluding carboxylic acids is 2. The Morgan fingerprint density at radius 3 is 2.38 bits per heavy atom. The summed E-state index contributed by atoms with van der Waals surface area (Å²) in [5, 5.41) is 3.36. The topological polar surface area (TPSA) is 67.9 Å². The van der Waals surface area contributed by atoms with E-state index in [2.05, 4.69) is 5.32 Å². The van der Waals surface area contributed by atoms with E-state index in [1.165, 1.54) is 7.11 Å². The largest absolute Gasteiger partial charge is 0.497 e. The zero-order valence-corrected chi connectivity index (χ0v) is 18.7. The quantitative estimate of drug-likeness (QED) is 0.600. The first-order valence-electron chi connectivity index (χ1n) is 10.1. The van der Waals surface area contributed by atoms with E-state index in [0.29, 0.717) is 33.3 Å². The number of ether oxygens (including phenoxy) is 2. The average molecular weight is 451 g/mol. The van der Waals surface area contributed by atoms with Crippen LogP contribution in [0.25, 0.3) is 0 Å². The molecule has 0 aromatic heterocycles. The Morgan fingerprint density at radius 1 is 1.00 bits per heavy atom. The fourth-order valence-electron chi connectivity index (χ4n) is 4.14. The molecule has 2 amide bonds. The van der Waals surface area contributed by atoms with E-state index in [9.17, 15) is 9.59 Å². The van der Waals surface area contributed by atoms with Crippen molar-refractivity contribution in [1.29, 1.82) is 0 Å². The number of amides is 2. The highest BCUT2D eigenvalue weighted by Crippen LogP contribution is 2.43. The van der Waals surface area contributed by atoms with Gasteiger partial charge in [-0.15, -0.1) is 0 Å². The maximum absolute atomic E-state index is 13.6. The average Bonchev–Trinajstić information content (AvgIpc) is 2.81. The summed E-state index contributed by atoms with van der Waals surface area (Å²) in [4.78, 5) is 28.3. The summed E-state index contributed by atoms with van der Waals surface area (Å²) < 4.78 is 10.4. The van der Waals surface area contributed by atoms with Crippen molar-refractivity contribution in [1.82, 2.24) is 4.90 Å². The van der Waals surface area contributed by atoms with Crippen molar-refractivity contribution >= 4 is 29.1 Å². The van der Waals surface area contributed by atoms with Crippen LogP contribution >= 0.6 is 11.6 Å². The Labute approximate surface area is 191 Å². The Balaban J connectivity index is 1.76. The summed E-state index contributed by atoms with van der Waals surface area (Å²) in [6.45, 7) is 0. The lowest BCUT2D eigenvalue weighted by atomic mass is 9.79. The molecule has 164 valence electrons. The Kier molecular flexibility index (Phi) is 6.06. The van der Waals surface area contributed by atoms with Crippen LogP contribution in [0.4, 0.5) is 5.69 Å². The monoisotopic (exact) mass is 450 g/mol. The van der Waals surface area contributed by atoms with Crippen molar-refractivity contribution in [2.45, 2.75) is 12.0 Å². The maximum Gasteiger partial charge on any atom is 0.254 e. The lowest BCUT2D eigenvalue weighted by Crippen LogP contribution is -2.44. The number of benzene rings is 3. The second-order valence-corrected chi connectivity index (χ2v) is 7.94. The summed E-state index contributed by atoms with van der Waals surface area (Å²) in [5.74, 6) is 0.238. The van der Waals surface area contributed by atoms with Gasteiger partial charge in [0.2, 0.25) is 5.91 Å². The number of fused-ring (bicyclic) bond motifs is 1. The molecule has 0 saturated heterocycles. The second-order valence-electron chi connectivity index (χ2n) is 7.54. The van der Waals surface area contributed by atoms with Crippen LogP contribution in [-0.2, 0) is 4.79 Å². The van der Waals surface area contributed by atoms with Crippen LogP contribution in [-0.4, -0.2) is 38.0 Å². The molecule has 0 aliphatic carbocycles. The number of carbonyl (C=O) groups is 2. The van der Waals surface area contributed by atoms with Gasteiger partial charge in [0.25, 0.3) is 5.91 Å². The zero-order valence-electron chi connectivity index (χ0n) is 18.0. The number of methoxy groups -OCH3 is 2. The van der Waals surface area contributed by atoms with Gasteiger partial charge in [-0.05, 0) is 47.5 Å². The fourth-order valence-corrected chi connectivity index (χ4v) is 4.40. The molecule has 3 aromatic carbocycles. The smallest absolute Gasteiger partial charge is 0.254 e. The number of hydrogen-bond donors (Lipinski definition) is 1. The normalized spacial score (nSPS) is 17.5. The lowest BCUT2D eigenvalue weighted by molar-refractivity contribution is -0.119. The molecule has 6 nitrogen and oxygen atoms in total. The number of likely N-dealkylation sites (N-methyl/N-ethyl adjacent to an activating group) is 1. The van der Waals surface area contributed by atoms with Gasteiger partial charge in [0.1, 0.15) is 11.5 Å². The second kappa shape index (κ2) is 8.93. The number of nitrogens with zero attached hydrogens (tertiary/aromatic N) is 1. The molecular weight excluding hydrogens is 428 g/mol. The molecule has 1 aliphatic rings. The third kappa shape index (κ3) is 3.89. The summed E-state index contributed by atoms with van der Waals surface area (Å²) in [6.07, 6.45) is 0. The predicted molar refractivity (Wildman–Crippen MR) is 124 cm³/mol. The first-order chi connectivity index (χ1) is 15.4. The van der Waals surface area contributed by atoms with Gasteiger partial charge in [0, 0.05) is 18.3 Å². The van der Waals surface area contributed by atoms with Crippen molar-refractivity contribution in [2.75, 3.05) is 26.6 Å². The molecule has 7 heteroatoms. The van der Waals surface area contributed by atoms with Crippen molar-refractivity contribution < 1.29 is 19.1 Å². The molecule has 1 heterocycles. The van der Waals surface area contributed by atoms with Crippen molar-refractivity contribution in [3.63, 3.8) is 0 Å². The molecule has 3 aromatic rings. The minimum atomic E-state index is -0.622. The van der Waals surface area contributed by atoms with Gasteiger partial charge >= 0.3 is 0 Å². The van der Waals surface area contributed by atoms with E-state index in [4.69, 9.17) is 21.1 Å². The third-order valence-electron chi connectivity index (χ3n) is 5.74. The van der Waals surface area contributed by atoms with Gasteiger partial charge < -0.3 is 19.7 Å². The van der Waals surface area contributed by atoms with Crippen molar-refractivity contribution in [3.05, 3.63) is 88.4 Å². The molecule has 0 unspecified atom stereocenters. The first-order valence-corrected chi connectivity index (χ1v) is 10.5. The van der Waals surface area contributed by atoms with Crippen molar-refractivity contribution in [2.24, 2.45) is 0 Å². The zero-order chi connectivity index (χ0) is 22.8. The van der Waals surface area contributed by atoms with E-state index in [0.717, 1.165) is 5.56 Å². The third-order valence-corrected chi connectivity index (χ3v) is 6.03. The number of hydrogen-bond acceptors (Lipinski definition) is 4. The van der Waals surface area contributed by atoms with Crippen LogP contribution in [0.5, 0.6) is 11.5 Å². The molecule has 2 atom stereocenters. The molecule has 1 aliphatic heterocycles. The van der Waals surface area contributed by atoms with Crippen LogP contribution in [0.1, 0.15) is 33.4 Å². The van der Waals surface area contributed by atoms with Crippen LogP contribution in [0.3, 0.4) is 0 Å². The summed E-state index contributed by atoms with van der Waals surface area (Å²) in [5.41, 5.74) is 2.59. The predicted octanol–water partition coefficient (Wildman–Crippen LogP) is 4.91. The van der Waals surface area contributed by atoms with E-state index < -0.39 is 12.0 Å². The molecule has 0 bridgehead atoms. The van der Waals surface area contributed by atoms with Gasteiger partial charge in [0.05, 0.1) is 31.2 Å². The van der Waals surface area contributed by atoms with Gasteiger partial charge in [-0.2, -0.15) is 0 Å². The van der Waals surface area contributed by atoms with Gasteiger partial charge in [0.15, 0.2) is 0 Å². The van der Waals surface area contributed by atoms with E-state index in [1.54, 1.807) is 49.4 Å². The van der Waals surface area contributed by atoms with Crippen LogP contribution in [0.15, 0.2) is 66.7 Å². The first kappa shape index (κ1) is 21.7. The lowest BCUT2D eigenvalue weighted by Gasteiger charge is -2.39. The Hall–Kier alpha value is -3.51. The standard InChI is InChI=1S/C25H23ClN2O4/c1-28-23(15-8-11-17(31-2)12-9-15)22(18-6-4-5-7-19(18)25(28)30)24(29)27-16-10-13-21(32-3)20(26)14-16/h4-14,22-23H,1-3H3,(H,27,29)/t22-,23+/m1/s1. The maximum atomic E-state index is 13.6. The number of rotatable bonds is 5. The molecule has 0 spiro atoms. The molecule has 0 fully saturated rings. The summed E-state index contributed by atoms with van der Waals surface area (Å²) >= 11 is 6.23. The van der Waals surface area contributed by atoms with E-state index in [-0.39, 0.29) is 11.8 Å². The van der Waals surface area contributed by atoms with E-state index >= 15 is 0 Å². The Morgan fingerprint density at radius 2 is 1.72 bits per heavy atom. The minimum Gasteiger partial charge on any atom is -0.497 e. The molecular formula is C25H23ClN2O4. The fraction of sp³-hybridized carbons (Fsp3) is 0.200. The van der Waals surface area contributed by atoms with Crippen LogP contribution in [0.2, 0.25) is 5.02 Å². The van der Waals surface area contributed by atoms with Gasteiger partial charge in [-0.1, -0.05) is 41.9 Å². The molecule has 4 rings (SSSR count). The summed E-state index contributed by atoms with van der Waals surface area (Å²) in [6, 6.07) is 19.2. The molecule has 1 N–H and O–H groups in total. The highest BCUT2D eigenvalue weighted by molar-refractivity contribution is 6.32. The number of anilines is 1. The minimum absolute atomic E-state index is 0.127. The van der Waals surface area contributed by atoms with Gasteiger partial charge in [-0.25, -0.2) is 0 Å². The number of nitrogens with one attached hydrogen (secondary N) is 1. The van der Waals surface area contributed by atoms with Crippen molar-refractivity contribution in [3.8, 4) is 11.5 Å². The van der Waals surface area contributed by atoms with Crippen LogP contribution in [0, 0.1) is 0 Å². The highest BCUT2D eigenvalue weighted by Gasteiger charge is 2.42. The van der Waals surface area contributed by atoms with Crippen LogP contribution < -0.4 is 14.8 Å². The molecule has 0 saturated carbocycles. The highest BCUT2D eigenvalue weighted by atomic mass is 35.5. The van der Waals surface area contributed by atoms with E-state index in [1.807, 2.05) is 36.4 Å². The SMILES string of the molecule is COc1ccc([C@H]2[C@H](C(=O)Nc3ccc(OC)c(Cl)c3)c3ccccc3C(=O)N2C)cc1. The molecule has 0 radical (unpaired) electrons. The molecule has 32 heavy (non-hydrogen) atoms. The summed E-state index contributed by atoms with van der Waals surface area (Å²) in [7, 11) is 4.85. The Bertz CT molecular complexity index is 1160. The van der Waals surface area contributed by atoms with Gasteiger partial charge in [-0.3, -0.25) is 9.59 Å².